The number of aliphatic imine (C=N–C) groups is 3. The third-order valence-corrected chi connectivity index (χ3v) is 1.80. The Balaban J connectivity index is 2.43. The lowest BCUT2D eigenvalue weighted by Crippen LogP contribution is -2.48. The lowest BCUT2D eigenvalue weighted by molar-refractivity contribution is -0.113. The molecule has 12 heavy (non-hydrogen) atoms. The first-order valence-electron chi connectivity index (χ1n) is 3.13. The molecular weight excluding hydrogens is 226 g/mol. The third-order valence-electron chi connectivity index (χ3n) is 1.42. The maximum Gasteiger partial charge on any atom is 0.276 e. The minimum atomic E-state index is -0.562. The number of fused-ring (bicyclic) bond motifs is 1. The Morgan fingerprint density at radius 1 is 1.50 bits per heavy atom. The van der Waals surface area contributed by atoms with E-state index in [-0.39, 0.29) is 17.6 Å². The first-order valence-corrected chi connectivity index (χ1v) is 3.92. The number of rotatable bonds is 0. The number of nitrogens with two attached hydrogens (primary N) is 1. The second-order valence-electron chi connectivity index (χ2n) is 2.24. The monoisotopic (exact) mass is 229 g/mol. The van der Waals surface area contributed by atoms with Crippen molar-refractivity contribution in [3.63, 3.8) is 0 Å². The van der Waals surface area contributed by atoms with Crippen molar-refractivity contribution in [2.24, 2.45) is 20.7 Å². The second kappa shape index (κ2) is 2.37. The zero-order valence-electron chi connectivity index (χ0n) is 5.78. The topological polar surface area (TPSA) is 92.2 Å². The van der Waals surface area contributed by atoms with Gasteiger partial charge in [0.15, 0.2) is 22.6 Å². The molecule has 2 aliphatic heterocycles. The van der Waals surface area contributed by atoms with Gasteiger partial charge in [0.2, 0.25) is 0 Å². The average molecular weight is 230 g/mol. The Kier molecular flexibility index (Phi) is 1.47. The first-order chi connectivity index (χ1) is 5.66. The fourth-order valence-corrected chi connectivity index (χ4v) is 1.34. The SMILES string of the molecule is NC1=NC2N=C(Br)N=C2C(=O)N1. The summed E-state index contributed by atoms with van der Waals surface area (Å²) in [5.41, 5.74) is 5.58. The molecule has 0 spiro atoms. The van der Waals surface area contributed by atoms with E-state index in [4.69, 9.17) is 5.73 Å². The summed E-state index contributed by atoms with van der Waals surface area (Å²) in [4.78, 5) is 22.7. The Bertz CT molecular complexity index is 344. The van der Waals surface area contributed by atoms with E-state index in [1.165, 1.54) is 0 Å². The predicted molar refractivity (Wildman–Crippen MR) is 47.4 cm³/mol. The third kappa shape index (κ3) is 1.02. The van der Waals surface area contributed by atoms with Gasteiger partial charge in [0.25, 0.3) is 5.91 Å². The lowest BCUT2D eigenvalue weighted by atomic mass is 10.2. The highest BCUT2D eigenvalue weighted by molar-refractivity contribution is 9.18. The van der Waals surface area contributed by atoms with Crippen molar-refractivity contribution in [2.45, 2.75) is 6.17 Å². The molecule has 6 nitrogen and oxygen atoms in total. The van der Waals surface area contributed by atoms with E-state index in [9.17, 15) is 4.79 Å². The number of nitrogens with zero attached hydrogens (tertiary/aromatic N) is 3. The van der Waals surface area contributed by atoms with Crippen LogP contribution in [-0.4, -0.2) is 28.5 Å². The Labute approximate surface area is 75.8 Å². The normalized spacial score (nSPS) is 26.9. The molecule has 0 aliphatic carbocycles. The number of amidine groups is 1. The summed E-state index contributed by atoms with van der Waals surface area (Å²) in [5, 5.41) is 2.34. The van der Waals surface area contributed by atoms with Crippen LogP contribution in [0.2, 0.25) is 0 Å². The van der Waals surface area contributed by atoms with Crippen LogP contribution < -0.4 is 11.1 Å². The molecule has 2 aliphatic rings. The van der Waals surface area contributed by atoms with Gasteiger partial charge in [-0.1, -0.05) is 0 Å². The zero-order chi connectivity index (χ0) is 8.72. The number of guanidine groups is 1. The number of amides is 1. The van der Waals surface area contributed by atoms with E-state index in [2.05, 4.69) is 36.2 Å². The molecule has 0 bridgehead atoms. The highest BCUT2D eigenvalue weighted by atomic mass is 79.9. The number of nitrogens with one attached hydrogen (secondary N) is 1. The fraction of sp³-hybridized carbons (Fsp3) is 0.200. The summed E-state index contributed by atoms with van der Waals surface area (Å²) < 4.78 is 0.371. The van der Waals surface area contributed by atoms with Gasteiger partial charge in [-0.15, -0.1) is 0 Å². The van der Waals surface area contributed by atoms with E-state index >= 15 is 0 Å². The molecule has 2 rings (SSSR count). The molecule has 0 aromatic carbocycles. The fourth-order valence-electron chi connectivity index (χ4n) is 0.950. The van der Waals surface area contributed by atoms with Crippen LogP contribution in [0, 0.1) is 0 Å². The molecule has 0 radical (unpaired) electrons. The van der Waals surface area contributed by atoms with E-state index in [1.54, 1.807) is 0 Å². The largest absolute Gasteiger partial charge is 0.370 e. The molecule has 0 fully saturated rings. The van der Waals surface area contributed by atoms with Crippen LogP contribution in [-0.2, 0) is 4.79 Å². The second-order valence-corrected chi connectivity index (χ2v) is 2.95. The van der Waals surface area contributed by atoms with Crippen LogP contribution in [0.25, 0.3) is 0 Å². The Morgan fingerprint density at radius 2 is 2.25 bits per heavy atom. The van der Waals surface area contributed by atoms with Crippen molar-refractivity contribution in [1.82, 2.24) is 5.32 Å². The van der Waals surface area contributed by atoms with Crippen molar-refractivity contribution in [3.8, 4) is 0 Å². The van der Waals surface area contributed by atoms with E-state index in [1.807, 2.05) is 0 Å². The van der Waals surface area contributed by atoms with Gasteiger partial charge in [0.05, 0.1) is 0 Å². The van der Waals surface area contributed by atoms with Crippen molar-refractivity contribution in [3.05, 3.63) is 0 Å². The van der Waals surface area contributed by atoms with Crippen molar-refractivity contribution < 1.29 is 4.79 Å². The van der Waals surface area contributed by atoms with Gasteiger partial charge in [-0.05, 0) is 15.9 Å². The summed E-state index contributed by atoms with van der Waals surface area (Å²) >= 11 is 3.05. The van der Waals surface area contributed by atoms with Gasteiger partial charge in [0.1, 0.15) is 0 Å². The van der Waals surface area contributed by atoms with E-state index < -0.39 is 6.17 Å². The van der Waals surface area contributed by atoms with Crippen LogP contribution in [0.3, 0.4) is 0 Å². The molecule has 1 atom stereocenters. The van der Waals surface area contributed by atoms with Crippen molar-refractivity contribution in [2.75, 3.05) is 0 Å². The summed E-state index contributed by atoms with van der Waals surface area (Å²) in [7, 11) is 0. The maximum absolute atomic E-state index is 11.1. The molecule has 1 unspecified atom stereocenters. The minimum Gasteiger partial charge on any atom is -0.370 e. The molecule has 0 saturated carbocycles. The highest BCUT2D eigenvalue weighted by Crippen LogP contribution is 2.13. The van der Waals surface area contributed by atoms with E-state index in [0.717, 1.165) is 0 Å². The quantitative estimate of drug-likeness (QED) is 0.520. The van der Waals surface area contributed by atoms with E-state index in [0.29, 0.717) is 4.74 Å². The van der Waals surface area contributed by atoms with Gasteiger partial charge in [-0.3, -0.25) is 10.1 Å². The number of halogens is 1. The summed E-state index contributed by atoms with van der Waals surface area (Å²) in [5.74, 6) is -0.263. The average Bonchev–Trinajstić information content (AvgIpc) is 2.29. The molecule has 62 valence electrons. The smallest absolute Gasteiger partial charge is 0.276 e. The summed E-state index contributed by atoms with van der Waals surface area (Å²) in [6.07, 6.45) is -0.562. The molecule has 0 aromatic heterocycles. The Hall–Kier alpha value is -1.24. The van der Waals surface area contributed by atoms with Crippen LogP contribution in [0.5, 0.6) is 0 Å². The Morgan fingerprint density at radius 3 is 3.00 bits per heavy atom. The van der Waals surface area contributed by atoms with Gasteiger partial charge in [0, 0.05) is 0 Å². The maximum atomic E-state index is 11.1. The van der Waals surface area contributed by atoms with Crippen LogP contribution in [0.1, 0.15) is 0 Å². The standard InChI is InChI=1S/C5H4BrN5O/c6-4-8-1-2(9-4)10-5(7)11-3(1)12/h2H,(H3,7,10,11,12). The van der Waals surface area contributed by atoms with Crippen LogP contribution in [0.15, 0.2) is 15.0 Å². The highest BCUT2D eigenvalue weighted by Gasteiger charge is 2.31. The predicted octanol–water partition coefficient (Wildman–Crippen LogP) is -1.04. The lowest BCUT2D eigenvalue weighted by Gasteiger charge is -2.13. The summed E-state index contributed by atoms with van der Waals surface area (Å²) in [6.45, 7) is 0. The number of carbonyl (C=O) groups is 1. The van der Waals surface area contributed by atoms with Crippen molar-refractivity contribution >= 4 is 38.3 Å². The molecule has 0 saturated heterocycles. The van der Waals surface area contributed by atoms with Crippen LogP contribution >= 0.6 is 15.9 Å². The van der Waals surface area contributed by atoms with Gasteiger partial charge in [-0.2, -0.15) is 0 Å². The number of hydrogen-bond donors (Lipinski definition) is 2. The number of hydrogen-bond acceptors (Lipinski definition) is 5. The van der Waals surface area contributed by atoms with Gasteiger partial charge in [-0.25, -0.2) is 15.0 Å². The molecule has 1 amide bonds. The number of carbonyl (C=O) groups excluding carboxylic acids is 1. The summed E-state index contributed by atoms with van der Waals surface area (Å²) in [6, 6.07) is 0. The zero-order valence-corrected chi connectivity index (χ0v) is 7.37. The molecule has 3 N–H and O–H groups in total. The molecule has 7 heteroatoms. The first kappa shape index (κ1) is 7.41. The van der Waals surface area contributed by atoms with Gasteiger partial charge < -0.3 is 5.73 Å². The minimum absolute atomic E-state index is 0.0786. The molecular formula is C5H4BrN5O. The van der Waals surface area contributed by atoms with Crippen molar-refractivity contribution in [1.29, 1.82) is 0 Å². The molecule has 2 heterocycles. The molecule has 0 aromatic rings. The van der Waals surface area contributed by atoms with Crippen LogP contribution in [0.4, 0.5) is 0 Å². The van der Waals surface area contributed by atoms with Gasteiger partial charge >= 0.3 is 0 Å².